The number of methoxy groups -OCH3 is 3. The number of hydrogen-bond acceptors (Lipinski definition) is 11. The summed E-state index contributed by atoms with van der Waals surface area (Å²) in [5.41, 5.74) is -1.91. The molecular weight excluding hydrogens is 635 g/mol. The van der Waals surface area contributed by atoms with Crippen LogP contribution < -0.4 is 25.1 Å². The predicted molar refractivity (Wildman–Crippen MR) is 160 cm³/mol. The summed E-state index contributed by atoms with van der Waals surface area (Å²) in [6, 6.07) is 6.80. The standard InChI is InChI=1S/C28H30F3N7O7S/c1-6-46(41,42)36-25(39)21-10-17(15-37(26(21)40)7-8-43-3)22-14-32-27(33-18-11-19(44-4)13-20(12-18)45-5)34-24(22)38-16(2)9-23(35-38)28(29,30)31/h9-15H,6-8H2,1-5H3,(H,36,39)(H,32,33,34). The number of nitrogens with zero attached hydrogens (tertiary/aromatic N) is 5. The molecule has 1 amide bonds. The maximum Gasteiger partial charge on any atom is 0.435 e. The molecule has 0 fully saturated rings. The molecule has 0 aliphatic rings. The molecule has 14 nitrogen and oxygen atoms in total. The highest BCUT2D eigenvalue weighted by molar-refractivity contribution is 7.90. The number of aryl methyl sites for hydroxylation is 1. The summed E-state index contributed by atoms with van der Waals surface area (Å²) < 4.78 is 84.8. The number of rotatable bonds is 12. The smallest absolute Gasteiger partial charge is 0.435 e. The number of nitrogens with one attached hydrogen (secondary N) is 2. The first-order valence-corrected chi connectivity index (χ1v) is 15.1. The molecule has 3 heterocycles. The van der Waals surface area contributed by atoms with Gasteiger partial charge >= 0.3 is 6.18 Å². The largest absolute Gasteiger partial charge is 0.497 e. The molecule has 0 saturated heterocycles. The molecule has 0 spiro atoms. The highest BCUT2D eigenvalue weighted by atomic mass is 32.2. The number of carbonyl (C=O) groups is 1. The number of aromatic nitrogens is 5. The number of benzene rings is 1. The zero-order valence-corrected chi connectivity index (χ0v) is 26.1. The van der Waals surface area contributed by atoms with Crippen molar-refractivity contribution in [2.24, 2.45) is 0 Å². The lowest BCUT2D eigenvalue weighted by molar-refractivity contribution is -0.141. The van der Waals surface area contributed by atoms with Crippen LogP contribution in [0, 0.1) is 6.92 Å². The third kappa shape index (κ3) is 7.63. The molecule has 246 valence electrons. The Kier molecular flexibility index (Phi) is 10.0. The van der Waals surface area contributed by atoms with Crippen LogP contribution in [0.15, 0.2) is 47.5 Å². The van der Waals surface area contributed by atoms with E-state index in [0.29, 0.717) is 17.2 Å². The number of ether oxygens (including phenoxy) is 3. The number of amides is 1. The van der Waals surface area contributed by atoms with Crippen molar-refractivity contribution in [3.05, 3.63) is 70.0 Å². The number of sulfonamides is 1. The highest BCUT2D eigenvalue weighted by Gasteiger charge is 2.35. The molecule has 0 saturated carbocycles. The Labute approximate surface area is 261 Å². The lowest BCUT2D eigenvalue weighted by Gasteiger charge is -2.16. The van der Waals surface area contributed by atoms with E-state index in [1.807, 2.05) is 4.72 Å². The van der Waals surface area contributed by atoms with Gasteiger partial charge in [-0.25, -0.2) is 22.8 Å². The lowest BCUT2D eigenvalue weighted by atomic mass is 10.1. The summed E-state index contributed by atoms with van der Waals surface area (Å²) in [7, 11) is 0.260. The SMILES string of the molecule is CCS(=O)(=O)NC(=O)c1cc(-c2cnc(Nc3cc(OC)cc(OC)c3)nc2-n2nc(C(F)(F)F)cc2C)cn(CCOC)c1=O. The fourth-order valence-corrected chi connectivity index (χ4v) is 4.74. The fraction of sp³-hybridized carbons (Fsp3) is 0.321. The molecular formula is C28H30F3N7O7S. The molecule has 0 radical (unpaired) electrons. The van der Waals surface area contributed by atoms with E-state index >= 15 is 0 Å². The van der Waals surface area contributed by atoms with Crippen LogP contribution in [0.1, 0.15) is 28.7 Å². The van der Waals surface area contributed by atoms with Gasteiger partial charge < -0.3 is 24.1 Å². The Bertz CT molecular complexity index is 1900. The molecule has 46 heavy (non-hydrogen) atoms. The average Bonchev–Trinajstić information content (AvgIpc) is 3.42. The van der Waals surface area contributed by atoms with Gasteiger partial charge in [-0.15, -0.1) is 0 Å². The van der Waals surface area contributed by atoms with Gasteiger partial charge in [-0.3, -0.25) is 9.59 Å². The van der Waals surface area contributed by atoms with E-state index in [4.69, 9.17) is 14.2 Å². The molecule has 2 N–H and O–H groups in total. The predicted octanol–water partition coefficient (Wildman–Crippen LogP) is 3.30. The van der Waals surface area contributed by atoms with Crippen LogP contribution in [-0.2, 0) is 27.5 Å². The molecule has 0 unspecified atom stereocenters. The van der Waals surface area contributed by atoms with Gasteiger partial charge in [0, 0.05) is 66.8 Å². The molecule has 4 aromatic rings. The van der Waals surface area contributed by atoms with Crippen molar-refractivity contribution in [3.63, 3.8) is 0 Å². The van der Waals surface area contributed by atoms with E-state index in [1.54, 1.807) is 18.2 Å². The van der Waals surface area contributed by atoms with Gasteiger partial charge in [0.05, 0.1) is 26.6 Å². The summed E-state index contributed by atoms with van der Waals surface area (Å²) in [6.07, 6.45) is -2.18. The summed E-state index contributed by atoms with van der Waals surface area (Å²) in [6.45, 7) is 2.70. The van der Waals surface area contributed by atoms with E-state index in [-0.39, 0.29) is 41.7 Å². The summed E-state index contributed by atoms with van der Waals surface area (Å²) in [5.74, 6) is -0.956. The van der Waals surface area contributed by atoms with E-state index in [0.717, 1.165) is 21.4 Å². The van der Waals surface area contributed by atoms with Crippen LogP contribution in [0.5, 0.6) is 11.5 Å². The van der Waals surface area contributed by atoms with Crippen LogP contribution in [0.25, 0.3) is 16.9 Å². The molecule has 1 aromatic carbocycles. The maximum absolute atomic E-state index is 13.7. The number of anilines is 2. The minimum atomic E-state index is -4.77. The van der Waals surface area contributed by atoms with Crippen molar-refractivity contribution in [2.75, 3.05) is 39.0 Å². The minimum Gasteiger partial charge on any atom is -0.497 e. The first kappa shape index (κ1) is 33.9. The molecule has 3 aromatic heterocycles. The molecule has 0 bridgehead atoms. The maximum atomic E-state index is 13.7. The monoisotopic (exact) mass is 665 g/mol. The van der Waals surface area contributed by atoms with E-state index < -0.39 is 44.7 Å². The van der Waals surface area contributed by atoms with Gasteiger partial charge in [0.1, 0.15) is 17.1 Å². The molecule has 0 aliphatic heterocycles. The van der Waals surface area contributed by atoms with Gasteiger partial charge in [0.25, 0.3) is 11.5 Å². The number of hydrogen-bond donors (Lipinski definition) is 2. The number of pyridine rings is 1. The van der Waals surface area contributed by atoms with E-state index in [2.05, 4.69) is 20.4 Å². The zero-order valence-electron chi connectivity index (χ0n) is 25.3. The second-order valence-electron chi connectivity index (χ2n) is 9.71. The van der Waals surface area contributed by atoms with E-state index in [9.17, 15) is 31.2 Å². The number of carbonyl (C=O) groups excluding carboxylic acids is 1. The lowest BCUT2D eigenvalue weighted by Crippen LogP contribution is -2.37. The van der Waals surface area contributed by atoms with Crippen molar-refractivity contribution in [1.82, 2.24) is 29.0 Å². The summed E-state index contributed by atoms with van der Waals surface area (Å²) in [5, 5.41) is 6.69. The average molecular weight is 666 g/mol. The van der Waals surface area contributed by atoms with Gasteiger partial charge in [0.2, 0.25) is 16.0 Å². The van der Waals surface area contributed by atoms with Gasteiger partial charge in [0.15, 0.2) is 11.5 Å². The first-order chi connectivity index (χ1) is 21.7. The topological polar surface area (TPSA) is 169 Å². The van der Waals surface area contributed by atoms with Crippen molar-refractivity contribution in [3.8, 4) is 28.4 Å². The van der Waals surface area contributed by atoms with Crippen LogP contribution in [-0.4, -0.2) is 72.3 Å². The Balaban J connectivity index is 1.95. The third-order valence-corrected chi connectivity index (χ3v) is 7.82. The molecule has 0 aliphatic carbocycles. The third-order valence-electron chi connectivity index (χ3n) is 6.56. The van der Waals surface area contributed by atoms with Crippen molar-refractivity contribution < 1.29 is 40.6 Å². The molecule has 18 heteroatoms. The summed E-state index contributed by atoms with van der Waals surface area (Å²) in [4.78, 5) is 35.0. The van der Waals surface area contributed by atoms with Crippen LogP contribution in [0.4, 0.5) is 24.8 Å². The van der Waals surface area contributed by atoms with Gasteiger partial charge in [-0.05, 0) is 26.0 Å². The zero-order chi connectivity index (χ0) is 33.8. The van der Waals surface area contributed by atoms with Crippen LogP contribution in [0.3, 0.4) is 0 Å². The summed E-state index contributed by atoms with van der Waals surface area (Å²) >= 11 is 0. The van der Waals surface area contributed by atoms with Crippen molar-refractivity contribution in [2.45, 2.75) is 26.6 Å². The van der Waals surface area contributed by atoms with Crippen molar-refractivity contribution >= 4 is 27.6 Å². The second-order valence-corrected chi connectivity index (χ2v) is 11.7. The van der Waals surface area contributed by atoms with Gasteiger partial charge in [-0.2, -0.15) is 23.3 Å². The second kappa shape index (κ2) is 13.6. The number of halogens is 3. The fourth-order valence-electron chi connectivity index (χ4n) is 4.20. The Morgan fingerprint density at radius 3 is 2.28 bits per heavy atom. The first-order valence-electron chi connectivity index (χ1n) is 13.5. The van der Waals surface area contributed by atoms with Crippen LogP contribution >= 0.6 is 0 Å². The van der Waals surface area contributed by atoms with Crippen molar-refractivity contribution in [1.29, 1.82) is 0 Å². The minimum absolute atomic E-state index is 0.0428. The Morgan fingerprint density at radius 2 is 1.72 bits per heavy atom. The van der Waals surface area contributed by atoms with Crippen LogP contribution in [0.2, 0.25) is 0 Å². The Morgan fingerprint density at radius 1 is 1.04 bits per heavy atom. The molecule has 4 rings (SSSR count). The highest BCUT2D eigenvalue weighted by Crippen LogP contribution is 2.33. The number of alkyl halides is 3. The molecule has 0 atom stereocenters. The normalized spacial score (nSPS) is 11.7. The van der Waals surface area contributed by atoms with Gasteiger partial charge in [-0.1, -0.05) is 0 Å². The van der Waals surface area contributed by atoms with E-state index in [1.165, 1.54) is 47.6 Å². The Hall–Kier alpha value is -4.97. The quantitative estimate of drug-likeness (QED) is 0.228.